The number of nitriles is 1. The molecule has 3 nitrogen and oxygen atoms in total. The van der Waals surface area contributed by atoms with Gasteiger partial charge in [-0.3, -0.25) is 4.84 Å². The third kappa shape index (κ3) is 3.35. The summed E-state index contributed by atoms with van der Waals surface area (Å²) < 4.78 is 0. The normalized spacial score (nSPS) is 19.5. The Bertz CT molecular complexity index is 136. The molecule has 1 aliphatic rings. The first-order valence-electron chi connectivity index (χ1n) is 4.18. The van der Waals surface area contributed by atoms with Gasteiger partial charge in [0.05, 0.1) is 12.7 Å². The highest BCUT2D eigenvalue weighted by Crippen LogP contribution is 2.06. The fourth-order valence-electron chi connectivity index (χ4n) is 1.16. The molecule has 0 bridgehead atoms. The molecule has 0 aromatic heterocycles. The molecule has 1 fully saturated rings. The van der Waals surface area contributed by atoms with Crippen molar-refractivity contribution >= 4 is 0 Å². The van der Waals surface area contributed by atoms with Crippen LogP contribution in [0.3, 0.4) is 0 Å². The highest BCUT2D eigenvalue weighted by atomic mass is 16.7. The van der Waals surface area contributed by atoms with E-state index in [-0.39, 0.29) is 0 Å². The molecule has 62 valence electrons. The molecule has 1 aliphatic heterocycles. The Morgan fingerprint density at radius 2 is 2.36 bits per heavy atom. The van der Waals surface area contributed by atoms with Crippen LogP contribution in [-0.4, -0.2) is 24.8 Å². The van der Waals surface area contributed by atoms with Crippen LogP contribution < -0.4 is 0 Å². The number of hydrogen-bond donors (Lipinski definition) is 0. The minimum atomic E-state index is 0.639. The van der Waals surface area contributed by atoms with Gasteiger partial charge in [0, 0.05) is 19.5 Å². The summed E-state index contributed by atoms with van der Waals surface area (Å²) >= 11 is 0. The van der Waals surface area contributed by atoms with E-state index in [4.69, 9.17) is 10.1 Å². The molecule has 0 saturated carbocycles. The monoisotopic (exact) mass is 154 g/mol. The van der Waals surface area contributed by atoms with E-state index in [1.165, 1.54) is 12.8 Å². The maximum atomic E-state index is 8.29. The summed E-state index contributed by atoms with van der Waals surface area (Å²) in [5.41, 5.74) is 0. The van der Waals surface area contributed by atoms with E-state index in [2.05, 4.69) is 6.07 Å². The molecule has 1 rings (SSSR count). The van der Waals surface area contributed by atoms with Crippen LogP contribution in [-0.2, 0) is 4.84 Å². The second-order valence-corrected chi connectivity index (χ2v) is 2.73. The van der Waals surface area contributed by atoms with E-state index in [1.807, 2.05) is 5.06 Å². The highest BCUT2D eigenvalue weighted by Gasteiger charge is 2.08. The van der Waals surface area contributed by atoms with Crippen LogP contribution in [0.2, 0.25) is 0 Å². The quantitative estimate of drug-likeness (QED) is 0.575. The zero-order chi connectivity index (χ0) is 7.94. The molecule has 0 aromatic carbocycles. The average molecular weight is 154 g/mol. The van der Waals surface area contributed by atoms with Gasteiger partial charge in [-0.2, -0.15) is 10.3 Å². The van der Waals surface area contributed by atoms with Crippen LogP contribution in [0.25, 0.3) is 0 Å². The van der Waals surface area contributed by atoms with E-state index < -0.39 is 0 Å². The Balaban J connectivity index is 2.01. The van der Waals surface area contributed by atoms with Crippen molar-refractivity contribution < 1.29 is 4.84 Å². The van der Waals surface area contributed by atoms with Crippen molar-refractivity contribution in [1.82, 2.24) is 5.06 Å². The topological polar surface area (TPSA) is 36.3 Å². The molecule has 0 aliphatic carbocycles. The number of unbranched alkanes of at least 4 members (excludes halogenated alkanes) is 1. The zero-order valence-corrected chi connectivity index (χ0v) is 6.75. The third-order valence-electron chi connectivity index (χ3n) is 1.77. The van der Waals surface area contributed by atoms with Gasteiger partial charge in [-0.1, -0.05) is 0 Å². The Kier molecular flexibility index (Phi) is 3.95. The maximum absolute atomic E-state index is 8.29. The number of hydrogen-bond acceptors (Lipinski definition) is 3. The fraction of sp³-hybridized carbons (Fsp3) is 0.875. The molecule has 1 heterocycles. The van der Waals surface area contributed by atoms with E-state index >= 15 is 0 Å². The first-order valence-corrected chi connectivity index (χ1v) is 4.18. The summed E-state index contributed by atoms with van der Waals surface area (Å²) in [6, 6.07) is 2.13. The summed E-state index contributed by atoms with van der Waals surface area (Å²) in [4.78, 5) is 5.35. The maximum Gasteiger partial charge on any atom is 0.0685 e. The molecule has 0 radical (unpaired) electrons. The van der Waals surface area contributed by atoms with Crippen LogP contribution >= 0.6 is 0 Å². The summed E-state index contributed by atoms with van der Waals surface area (Å²) in [6.45, 7) is 2.80. The molecular formula is C8H14N2O. The smallest absolute Gasteiger partial charge is 0.0685 e. The SMILES string of the molecule is N#CCCCN1CCCCO1. The average Bonchev–Trinajstić information content (AvgIpc) is 2.07. The van der Waals surface area contributed by atoms with E-state index in [1.54, 1.807) is 0 Å². The van der Waals surface area contributed by atoms with Crippen molar-refractivity contribution in [3.05, 3.63) is 0 Å². The largest absolute Gasteiger partial charge is 0.299 e. The molecule has 0 unspecified atom stereocenters. The lowest BCUT2D eigenvalue weighted by Gasteiger charge is -2.25. The van der Waals surface area contributed by atoms with Crippen LogP contribution in [0.15, 0.2) is 0 Å². The van der Waals surface area contributed by atoms with E-state index in [0.29, 0.717) is 6.42 Å². The Morgan fingerprint density at radius 1 is 1.45 bits per heavy atom. The Morgan fingerprint density at radius 3 is 3.00 bits per heavy atom. The second-order valence-electron chi connectivity index (χ2n) is 2.73. The number of hydroxylamine groups is 2. The third-order valence-corrected chi connectivity index (χ3v) is 1.77. The molecular weight excluding hydrogens is 140 g/mol. The number of nitrogens with zero attached hydrogens (tertiary/aromatic N) is 2. The van der Waals surface area contributed by atoms with Crippen LogP contribution in [0.1, 0.15) is 25.7 Å². The minimum absolute atomic E-state index is 0.639. The van der Waals surface area contributed by atoms with Crippen molar-refractivity contribution in [2.24, 2.45) is 0 Å². The summed E-state index contributed by atoms with van der Waals surface area (Å²) in [5.74, 6) is 0. The summed E-state index contributed by atoms with van der Waals surface area (Å²) in [5, 5.41) is 10.3. The lowest BCUT2D eigenvalue weighted by Crippen LogP contribution is -2.30. The molecule has 0 spiro atoms. The predicted octanol–water partition coefficient (Wildman–Crippen LogP) is 1.32. The lowest BCUT2D eigenvalue weighted by molar-refractivity contribution is -0.180. The lowest BCUT2D eigenvalue weighted by atomic mass is 10.3. The Labute approximate surface area is 67.5 Å². The van der Waals surface area contributed by atoms with Crippen LogP contribution in [0.5, 0.6) is 0 Å². The van der Waals surface area contributed by atoms with Gasteiger partial charge in [0.15, 0.2) is 0 Å². The van der Waals surface area contributed by atoms with E-state index in [9.17, 15) is 0 Å². The molecule has 0 N–H and O–H groups in total. The van der Waals surface area contributed by atoms with Crippen LogP contribution in [0, 0.1) is 11.3 Å². The first-order chi connectivity index (χ1) is 5.43. The van der Waals surface area contributed by atoms with Gasteiger partial charge in [0.2, 0.25) is 0 Å². The fourth-order valence-corrected chi connectivity index (χ4v) is 1.16. The predicted molar refractivity (Wildman–Crippen MR) is 41.6 cm³/mol. The van der Waals surface area contributed by atoms with Gasteiger partial charge in [-0.25, -0.2) is 0 Å². The standard InChI is InChI=1S/C8H14N2O/c9-5-1-2-6-10-7-3-4-8-11-10/h1-4,6-8H2. The van der Waals surface area contributed by atoms with Gasteiger partial charge >= 0.3 is 0 Å². The van der Waals surface area contributed by atoms with Crippen molar-refractivity contribution in [1.29, 1.82) is 5.26 Å². The van der Waals surface area contributed by atoms with Crippen molar-refractivity contribution in [3.8, 4) is 6.07 Å². The molecule has 0 amide bonds. The van der Waals surface area contributed by atoms with Crippen molar-refractivity contribution in [2.75, 3.05) is 19.7 Å². The second kappa shape index (κ2) is 5.11. The minimum Gasteiger partial charge on any atom is -0.299 e. The molecule has 3 heteroatoms. The van der Waals surface area contributed by atoms with Crippen LogP contribution in [0.4, 0.5) is 0 Å². The summed E-state index contributed by atoms with van der Waals surface area (Å²) in [6.07, 6.45) is 3.97. The van der Waals surface area contributed by atoms with Gasteiger partial charge in [-0.15, -0.1) is 0 Å². The van der Waals surface area contributed by atoms with E-state index in [0.717, 1.165) is 26.1 Å². The van der Waals surface area contributed by atoms with Gasteiger partial charge in [0.25, 0.3) is 0 Å². The van der Waals surface area contributed by atoms with Gasteiger partial charge in [-0.05, 0) is 19.3 Å². The molecule has 1 saturated heterocycles. The first kappa shape index (κ1) is 8.51. The van der Waals surface area contributed by atoms with Gasteiger partial charge < -0.3 is 0 Å². The Hall–Kier alpha value is -0.590. The molecule has 0 aromatic rings. The molecule has 11 heavy (non-hydrogen) atoms. The van der Waals surface area contributed by atoms with Gasteiger partial charge in [0.1, 0.15) is 0 Å². The van der Waals surface area contributed by atoms with Crippen molar-refractivity contribution in [2.45, 2.75) is 25.7 Å². The van der Waals surface area contributed by atoms with Crippen molar-refractivity contribution in [3.63, 3.8) is 0 Å². The zero-order valence-electron chi connectivity index (χ0n) is 6.75. The highest BCUT2D eigenvalue weighted by molar-refractivity contribution is 4.69. The number of rotatable bonds is 3. The molecule has 0 atom stereocenters. The summed E-state index contributed by atoms with van der Waals surface area (Å²) in [7, 11) is 0.